The van der Waals surface area contributed by atoms with E-state index >= 15 is 4.39 Å². The highest BCUT2D eigenvalue weighted by atomic mass is 32.3. The fourth-order valence-corrected chi connectivity index (χ4v) is 4.11. The molecule has 1 unspecified atom stereocenters. The molecule has 2 aromatic carbocycles. The molecular weight excluding hydrogens is 486 g/mol. The van der Waals surface area contributed by atoms with Gasteiger partial charge in [-0.3, -0.25) is 0 Å². The normalized spacial score (nSPS) is 15.4. The van der Waals surface area contributed by atoms with Crippen LogP contribution in [0.15, 0.2) is 54.9 Å². The lowest BCUT2D eigenvalue weighted by molar-refractivity contribution is -0.137. The largest absolute Gasteiger partial charge is 0.416 e. The third-order valence-electron chi connectivity index (χ3n) is 5.39. The molecule has 1 atom stereocenters. The van der Waals surface area contributed by atoms with Gasteiger partial charge < -0.3 is 10.2 Å². The van der Waals surface area contributed by atoms with Crippen LogP contribution in [-0.2, 0) is 33.9 Å². The van der Waals surface area contributed by atoms with Crippen molar-refractivity contribution < 1.29 is 26.3 Å². The van der Waals surface area contributed by atoms with Crippen molar-refractivity contribution in [3.8, 4) is 0 Å². The molecule has 1 heterocycles. The quantitative estimate of drug-likeness (QED) is 0.266. The molecule has 0 spiro atoms. The third kappa shape index (κ3) is 6.67. The molecule has 0 saturated heterocycles. The lowest BCUT2D eigenvalue weighted by atomic mass is 10.1. The molecule has 1 saturated carbocycles. The molecule has 0 aliphatic heterocycles. The van der Waals surface area contributed by atoms with E-state index < -0.39 is 28.0 Å². The number of hydrogen-bond acceptors (Lipinski definition) is 5. The first-order valence-electron chi connectivity index (χ1n) is 10.7. The van der Waals surface area contributed by atoms with Crippen molar-refractivity contribution in [2.45, 2.75) is 38.1 Å². The van der Waals surface area contributed by atoms with Crippen molar-refractivity contribution in [3.63, 3.8) is 0 Å². The summed E-state index contributed by atoms with van der Waals surface area (Å²) in [6, 6.07) is 11.6. The van der Waals surface area contributed by atoms with E-state index in [1.807, 2.05) is 0 Å². The monoisotopic (exact) mass is 510 g/mol. The molecule has 35 heavy (non-hydrogen) atoms. The Balaban J connectivity index is 1.46. The summed E-state index contributed by atoms with van der Waals surface area (Å²) in [7, 11) is -3.13. The molecular formula is C23H24F4N5O2S+. The van der Waals surface area contributed by atoms with E-state index in [1.54, 1.807) is 29.2 Å². The maximum atomic E-state index is 15.3. The number of aromatic nitrogens is 2. The van der Waals surface area contributed by atoms with Gasteiger partial charge in [0.05, 0.1) is 11.3 Å². The third-order valence-corrected chi connectivity index (χ3v) is 6.00. The van der Waals surface area contributed by atoms with E-state index in [0.717, 1.165) is 30.5 Å². The van der Waals surface area contributed by atoms with Gasteiger partial charge in [-0.25, -0.2) is 9.97 Å². The molecule has 0 radical (unpaired) electrons. The Kier molecular flexibility index (Phi) is 6.95. The zero-order valence-electron chi connectivity index (χ0n) is 18.7. The van der Waals surface area contributed by atoms with Crippen LogP contribution in [0.3, 0.4) is 0 Å². The van der Waals surface area contributed by atoms with E-state index in [1.165, 1.54) is 24.7 Å². The minimum absolute atomic E-state index is 0.00204. The summed E-state index contributed by atoms with van der Waals surface area (Å²) in [5.41, 5.74) is 1.15. The molecule has 4 rings (SSSR count). The number of halogens is 4. The van der Waals surface area contributed by atoms with Gasteiger partial charge in [0, 0.05) is 19.1 Å². The average Bonchev–Trinajstić information content (AvgIpc) is 3.62. The second-order valence-electron chi connectivity index (χ2n) is 8.37. The summed E-state index contributed by atoms with van der Waals surface area (Å²) in [5, 5.41) is 2.94. The molecule has 0 amide bonds. The first-order chi connectivity index (χ1) is 16.5. The molecule has 3 N–H and O–H groups in total. The minimum Gasteiger partial charge on any atom is -0.363 e. The number of hydrogen-bond donors (Lipinski definition) is 3. The lowest BCUT2D eigenvalue weighted by Gasteiger charge is -2.24. The standard InChI is InChI=1S/C23H23F4N5O2S/c1-35(33,34)31-18-8-4-15(5-9-18)12-28-21-20(24)22(30-14-29-21)32(19-10-11-19)13-16-2-6-17(7-3-16)23(25,26)27/h2-9,14,19H,10-13H2,1H3,(H2-,28,29,30,31,33,34)/p+1. The van der Waals surface area contributed by atoms with E-state index in [2.05, 4.69) is 20.0 Å². The van der Waals surface area contributed by atoms with E-state index in [9.17, 15) is 21.9 Å². The highest BCUT2D eigenvalue weighted by Crippen LogP contribution is 2.35. The van der Waals surface area contributed by atoms with Crippen LogP contribution in [0, 0.1) is 5.82 Å². The first kappa shape index (κ1) is 24.9. The highest BCUT2D eigenvalue weighted by molar-refractivity contribution is 7.98. The summed E-state index contributed by atoms with van der Waals surface area (Å²) in [4.78, 5) is 9.86. The molecule has 1 aromatic heterocycles. The summed E-state index contributed by atoms with van der Waals surface area (Å²) < 4.78 is 77.2. The molecule has 1 aliphatic rings. The van der Waals surface area contributed by atoms with Crippen LogP contribution >= 0.6 is 0 Å². The molecule has 1 fully saturated rings. The van der Waals surface area contributed by atoms with Crippen molar-refractivity contribution in [2.24, 2.45) is 0 Å². The molecule has 7 nitrogen and oxygen atoms in total. The van der Waals surface area contributed by atoms with Crippen LogP contribution < -0.4 is 14.9 Å². The fraction of sp³-hybridized carbons (Fsp3) is 0.304. The second-order valence-corrected chi connectivity index (χ2v) is 10.2. The van der Waals surface area contributed by atoms with Crippen molar-refractivity contribution in [1.29, 1.82) is 0 Å². The predicted molar refractivity (Wildman–Crippen MR) is 127 cm³/mol. The smallest absolute Gasteiger partial charge is 0.363 e. The van der Waals surface area contributed by atoms with Crippen molar-refractivity contribution in [1.82, 2.24) is 9.97 Å². The van der Waals surface area contributed by atoms with Crippen LogP contribution in [0.2, 0.25) is 0 Å². The maximum Gasteiger partial charge on any atom is 0.416 e. The average molecular weight is 511 g/mol. The summed E-state index contributed by atoms with van der Waals surface area (Å²) >= 11 is 0. The van der Waals surface area contributed by atoms with Gasteiger partial charge in [0.2, 0.25) is 5.82 Å². The number of rotatable bonds is 9. The number of nitrogens with zero attached hydrogens (tertiary/aromatic N) is 3. The van der Waals surface area contributed by atoms with Gasteiger partial charge in [-0.05, 0) is 52.4 Å². The topological polar surface area (TPSA) is 90.4 Å². The van der Waals surface area contributed by atoms with Gasteiger partial charge in [-0.15, -0.1) is 0 Å². The molecule has 186 valence electrons. The zero-order chi connectivity index (χ0) is 25.2. The van der Waals surface area contributed by atoms with Crippen LogP contribution in [-0.4, -0.2) is 26.8 Å². The van der Waals surface area contributed by atoms with Gasteiger partial charge >= 0.3 is 16.6 Å². The number of nitrogens with one attached hydrogen (secondary N) is 2. The Labute approximate surface area is 201 Å². The maximum absolute atomic E-state index is 15.3. The summed E-state index contributed by atoms with van der Waals surface area (Å²) in [6.45, 7) is 0.465. The number of anilines is 3. The van der Waals surface area contributed by atoms with Gasteiger partial charge in [-0.1, -0.05) is 24.3 Å². The highest BCUT2D eigenvalue weighted by Gasteiger charge is 2.33. The number of alkyl halides is 3. The Morgan fingerprint density at radius 2 is 1.69 bits per heavy atom. The predicted octanol–water partition coefficient (Wildman–Crippen LogP) is 5.34. The van der Waals surface area contributed by atoms with Crippen molar-refractivity contribution in [3.05, 3.63) is 77.4 Å². The minimum atomic E-state index is -4.42. The van der Waals surface area contributed by atoms with Gasteiger partial charge in [0.1, 0.15) is 6.33 Å². The van der Waals surface area contributed by atoms with Gasteiger partial charge in [-0.2, -0.15) is 26.8 Å². The lowest BCUT2D eigenvalue weighted by Crippen LogP contribution is -2.27. The number of benzene rings is 2. The van der Waals surface area contributed by atoms with Crippen molar-refractivity contribution >= 4 is 27.7 Å². The first-order valence-corrected chi connectivity index (χ1v) is 12.7. The van der Waals surface area contributed by atoms with E-state index in [-0.39, 0.29) is 30.8 Å². The summed E-state index contributed by atoms with van der Waals surface area (Å²) in [5.74, 6) is -0.553. The molecule has 0 bridgehead atoms. The second kappa shape index (κ2) is 9.78. The zero-order valence-corrected chi connectivity index (χ0v) is 19.5. The van der Waals surface area contributed by atoms with Crippen molar-refractivity contribution in [2.75, 3.05) is 21.2 Å². The fourth-order valence-electron chi connectivity index (χ4n) is 3.54. The Bertz CT molecular complexity index is 1210. The van der Waals surface area contributed by atoms with Gasteiger partial charge in [0.15, 0.2) is 17.9 Å². The van der Waals surface area contributed by atoms with Crippen LogP contribution in [0.5, 0.6) is 0 Å². The van der Waals surface area contributed by atoms with Crippen LogP contribution in [0.1, 0.15) is 29.5 Å². The van der Waals surface area contributed by atoms with Gasteiger partial charge in [0.25, 0.3) is 0 Å². The van der Waals surface area contributed by atoms with E-state index in [0.29, 0.717) is 11.3 Å². The van der Waals surface area contributed by atoms with E-state index in [4.69, 9.17) is 0 Å². The van der Waals surface area contributed by atoms with Crippen LogP contribution in [0.4, 0.5) is 34.9 Å². The molecule has 1 aliphatic carbocycles. The summed E-state index contributed by atoms with van der Waals surface area (Å²) in [6.07, 6.45) is -0.326. The Morgan fingerprint density at radius 1 is 1.06 bits per heavy atom. The Hall–Kier alpha value is -3.25. The Morgan fingerprint density at radius 3 is 2.26 bits per heavy atom. The van der Waals surface area contributed by atoms with Crippen LogP contribution in [0.25, 0.3) is 0 Å². The SMILES string of the molecule is C[S+](=O)(O)Nc1ccc(CNc2ncnc(N(Cc3ccc(C(F)(F)F)cc3)C3CC3)c2F)cc1. The molecule has 12 heteroatoms. The molecule has 3 aromatic rings.